The van der Waals surface area contributed by atoms with Crippen LogP contribution in [0.1, 0.15) is 0 Å². The Kier molecular flexibility index (Phi) is 2.87. The summed E-state index contributed by atoms with van der Waals surface area (Å²) < 4.78 is 2.17. The van der Waals surface area contributed by atoms with Gasteiger partial charge in [-0.3, -0.25) is 0 Å². The molecule has 0 aliphatic heterocycles. The van der Waals surface area contributed by atoms with Gasteiger partial charge >= 0.3 is 0 Å². The molecule has 18 heavy (non-hydrogen) atoms. The molecule has 3 aromatic rings. The van der Waals surface area contributed by atoms with Crippen LogP contribution in [0.3, 0.4) is 0 Å². The maximum Gasteiger partial charge on any atom is 0.0610 e. The molecule has 0 radical (unpaired) electrons. The molecular formula is C16H15NO. The molecule has 0 amide bonds. The maximum atomic E-state index is 9.25. The van der Waals surface area contributed by atoms with Gasteiger partial charge in [0.25, 0.3) is 0 Å². The number of rotatable bonds is 3. The summed E-state index contributed by atoms with van der Waals surface area (Å²) in [4.78, 5) is 0. The van der Waals surface area contributed by atoms with Gasteiger partial charge in [-0.1, -0.05) is 48.5 Å². The number of benzene rings is 2. The summed E-state index contributed by atoms with van der Waals surface area (Å²) >= 11 is 0. The molecule has 0 saturated carbocycles. The fourth-order valence-corrected chi connectivity index (χ4v) is 2.40. The van der Waals surface area contributed by atoms with Crippen molar-refractivity contribution in [3.63, 3.8) is 0 Å². The van der Waals surface area contributed by atoms with Crippen molar-refractivity contribution >= 4 is 10.9 Å². The molecule has 90 valence electrons. The van der Waals surface area contributed by atoms with Crippen molar-refractivity contribution in [2.75, 3.05) is 6.61 Å². The smallest absolute Gasteiger partial charge is 0.0610 e. The highest BCUT2D eigenvalue weighted by Crippen LogP contribution is 2.27. The molecule has 0 saturated heterocycles. The van der Waals surface area contributed by atoms with Gasteiger partial charge in [-0.05, 0) is 17.7 Å². The number of nitrogens with zero attached hydrogens (tertiary/aromatic N) is 1. The van der Waals surface area contributed by atoms with E-state index in [2.05, 4.69) is 34.9 Å². The molecule has 2 aromatic carbocycles. The SMILES string of the molecule is OCCn1c(-c2ccccc2)cc2ccccc21. The van der Waals surface area contributed by atoms with Crippen LogP contribution in [-0.4, -0.2) is 16.3 Å². The van der Waals surface area contributed by atoms with Gasteiger partial charge in [0.1, 0.15) is 0 Å². The summed E-state index contributed by atoms with van der Waals surface area (Å²) in [5, 5.41) is 10.5. The van der Waals surface area contributed by atoms with Crippen molar-refractivity contribution in [2.45, 2.75) is 6.54 Å². The molecule has 2 heteroatoms. The third-order valence-corrected chi connectivity index (χ3v) is 3.20. The van der Waals surface area contributed by atoms with Crippen molar-refractivity contribution in [1.29, 1.82) is 0 Å². The fraction of sp³-hybridized carbons (Fsp3) is 0.125. The molecule has 0 unspecified atom stereocenters. The van der Waals surface area contributed by atoms with Crippen molar-refractivity contribution in [3.05, 3.63) is 60.7 Å². The molecule has 1 aromatic heterocycles. The summed E-state index contributed by atoms with van der Waals surface area (Å²) in [5.41, 5.74) is 3.51. The van der Waals surface area contributed by atoms with E-state index in [9.17, 15) is 5.11 Å². The van der Waals surface area contributed by atoms with Crippen molar-refractivity contribution in [3.8, 4) is 11.3 Å². The first-order valence-corrected chi connectivity index (χ1v) is 6.15. The number of para-hydroxylation sites is 1. The predicted molar refractivity (Wildman–Crippen MR) is 74.5 cm³/mol. The van der Waals surface area contributed by atoms with Gasteiger partial charge in [0.15, 0.2) is 0 Å². The second-order valence-electron chi connectivity index (χ2n) is 4.33. The monoisotopic (exact) mass is 237 g/mol. The van der Waals surface area contributed by atoms with Gasteiger partial charge in [0, 0.05) is 23.1 Å². The fourth-order valence-electron chi connectivity index (χ4n) is 2.40. The third-order valence-electron chi connectivity index (χ3n) is 3.20. The molecule has 0 aliphatic carbocycles. The zero-order valence-electron chi connectivity index (χ0n) is 10.1. The van der Waals surface area contributed by atoms with Crippen LogP contribution in [0, 0.1) is 0 Å². The highest BCUT2D eigenvalue weighted by atomic mass is 16.3. The largest absolute Gasteiger partial charge is 0.395 e. The van der Waals surface area contributed by atoms with Crippen LogP contribution in [0.2, 0.25) is 0 Å². The minimum atomic E-state index is 0.151. The highest BCUT2D eigenvalue weighted by Gasteiger charge is 2.09. The first-order valence-electron chi connectivity index (χ1n) is 6.15. The quantitative estimate of drug-likeness (QED) is 0.743. The second kappa shape index (κ2) is 4.67. The Balaban J connectivity index is 2.25. The Morgan fingerprint density at radius 1 is 0.889 bits per heavy atom. The number of aliphatic hydroxyl groups is 1. The van der Waals surface area contributed by atoms with Crippen LogP contribution in [0.4, 0.5) is 0 Å². The molecule has 1 heterocycles. The van der Waals surface area contributed by atoms with E-state index in [1.807, 2.05) is 30.3 Å². The van der Waals surface area contributed by atoms with Crippen LogP contribution < -0.4 is 0 Å². The normalized spacial score (nSPS) is 10.9. The van der Waals surface area contributed by atoms with Crippen LogP contribution in [0.5, 0.6) is 0 Å². The standard InChI is InChI=1S/C16H15NO/c18-11-10-17-15-9-5-4-8-14(15)12-16(17)13-6-2-1-3-7-13/h1-9,12,18H,10-11H2. The average molecular weight is 237 g/mol. The maximum absolute atomic E-state index is 9.25. The van der Waals surface area contributed by atoms with Gasteiger partial charge in [-0.15, -0.1) is 0 Å². The lowest BCUT2D eigenvalue weighted by atomic mass is 10.1. The summed E-state index contributed by atoms with van der Waals surface area (Å²) in [6.45, 7) is 0.774. The Hall–Kier alpha value is -2.06. The molecular weight excluding hydrogens is 222 g/mol. The minimum absolute atomic E-state index is 0.151. The van der Waals surface area contributed by atoms with E-state index in [-0.39, 0.29) is 6.61 Å². The van der Waals surface area contributed by atoms with Crippen molar-refractivity contribution in [2.24, 2.45) is 0 Å². The summed E-state index contributed by atoms with van der Waals surface area (Å²) in [7, 11) is 0. The molecule has 3 rings (SSSR count). The number of fused-ring (bicyclic) bond motifs is 1. The number of aliphatic hydroxyl groups excluding tert-OH is 1. The van der Waals surface area contributed by atoms with Gasteiger partial charge in [-0.2, -0.15) is 0 Å². The lowest BCUT2D eigenvalue weighted by molar-refractivity contribution is 0.279. The minimum Gasteiger partial charge on any atom is -0.395 e. The second-order valence-corrected chi connectivity index (χ2v) is 4.33. The van der Waals surface area contributed by atoms with Crippen molar-refractivity contribution < 1.29 is 5.11 Å². The summed E-state index contributed by atoms with van der Waals surface area (Å²) in [6.07, 6.45) is 0. The van der Waals surface area contributed by atoms with Gasteiger partial charge in [0.2, 0.25) is 0 Å². The Labute approximate surface area is 106 Å². The van der Waals surface area contributed by atoms with Gasteiger partial charge in [-0.25, -0.2) is 0 Å². The van der Waals surface area contributed by atoms with E-state index >= 15 is 0 Å². The molecule has 0 spiro atoms. The van der Waals surface area contributed by atoms with Crippen LogP contribution in [0.15, 0.2) is 60.7 Å². The topological polar surface area (TPSA) is 25.2 Å². The van der Waals surface area contributed by atoms with Crippen LogP contribution in [0.25, 0.3) is 22.2 Å². The Bertz CT molecular complexity index is 655. The molecule has 0 atom stereocenters. The first kappa shape index (κ1) is 11.1. The molecule has 0 aliphatic rings. The van der Waals surface area contributed by atoms with E-state index in [0.717, 1.165) is 5.69 Å². The summed E-state index contributed by atoms with van der Waals surface area (Å²) in [6, 6.07) is 20.7. The lowest BCUT2D eigenvalue weighted by Crippen LogP contribution is -2.03. The summed E-state index contributed by atoms with van der Waals surface area (Å²) in [5.74, 6) is 0. The van der Waals surface area contributed by atoms with E-state index in [1.165, 1.54) is 16.5 Å². The molecule has 2 nitrogen and oxygen atoms in total. The molecule has 0 fully saturated rings. The van der Waals surface area contributed by atoms with Gasteiger partial charge < -0.3 is 9.67 Å². The zero-order chi connectivity index (χ0) is 12.4. The molecule has 1 N–H and O–H groups in total. The Morgan fingerprint density at radius 2 is 1.61 bits per heavy atom. The number of hydrogen-bond acceptors (Lipinski definition) is 1. The highest BCUT2D eigenvalue weighted by molar-refractivity contribution is 5.87. The lowest BCUT2D eigenvalue weighted by Gasteiger charge is -2.09. The zero-order valence-corrected chi connectivity index (χ0v) is 10.1. The van der Waals surface area contributed by atoms with E-state index < -0.39 is 0 Å². The van der Waals surface area contributed by atoms with E-state index in [0.29, 0.717) is 6.54 Å². The van der Waals surface area contributed by atoms with Crippen molar-refractivity contribution in [1.82, 2.24) is 4.57 Å². The predicted octanol–water partition coefficient (Wildman–Crippen LogP) is 3.30. The van der Waals surface area contributed by atoms with Crippen LogP contribution >= 0.6 is 0 Å². The molecule has 0 bridgehead atoms. The average Bonchev–Trinajstić information content (AvgIpc) is 2.80. The van der Waals surface area contributed by atoms with E-state index in [4.69, 9.17) is 0 Å². The number of aromatic nitrogens is 1. The van der Waals surface area contributed by atoms with Gasteiger partial charge in [0.05, 0.1) is 6.61 Å². The third kappa shape index (κ3) is 1.81. The Morgan fingerprint density at radius 3 is 2.39 bits per heavy atom. The van der Waals surface area contributed by atoms with E-state index in [1.54, 1.807) is 0 Å². The van der Waals surface area contributed by atoms with Crippen LogP contribution in [-0.2, 0) is 6.54 Å². The number of hydrogen-bond donors (Lipinski definition) is 1. The first-order chi connectivity index (χ1) is 8.90.